The molecular weight excluding hydrogens is 242 g/mol. The third-order valence-corrected chi connectivity index (χ3v) is 2.61. The number of hydrogen-bond acceptors (Lipinski definition) is 2. The lowest BCUT2D eigenvalue weighted by molar-refractivity contribution is 0.868. The molecule has 72 valence electrons. The molecule has 0 amide bonds. The molecule has 1 aromatic carbocycles. The van der Waals surface area contributed by atoms with Crippen LogP contribution in [0.3, 0.4) is 0 Å². The second-order valence-electron chi connectivity index (χ2n) is 3.07. The monoisotopic (exact) mass is 251 g/mol. The van der Waals surface area contributed by atoms with Gasteiger partial charge in [-0.05, 0) is 35.0 Å². The third kappa shape index (κ3) is 1.53. The van der Waals surface area contributed by atoms with E-state index in [0.29, 0.717) is 5.82 Å². The molecule has 3 nitrogen and oxygen atoms in total. The Morgan fingerprint density at radius 3 is 2.64 bits per heavy atom. The largest absolute Gasteiger partial charge is 0.384 e. The number of nitrogen functional groups attached to an aromatic ring is 1. The highest BCUT2D eigenvalue weighted by molar-refractivity contribution is 9.10. The Labute approximate surface area is 90.7 Å². The van der Waals surface area contributed by atoms with Gasteiger partial charge in [0, 0.05) is 10.5 Å². The Balaban J connectivity index is 2.60. The van der Waals surface area contributed by atoms with Crippen molar-refractivity contribution in [1.82, 2.24) is 9.78 Å². The Morgan fingerprint density at radius 2 is 2.07 bits per heavy atom. The first-order valence-corrected chi connectivity index (χ1v) is 5.05. The molecule has 0 aliphatic rings. The van der Waals surface area contributed by atoms with Gasteiger partial charge in [0.1, 0.15) is 5.82 Å². The van der Waals surface area contributed by atoms with E-state index in [1.54, 1.807) is 4.68 Å². The maximum absolute atomic E-state index is 5.82. The molecule has 0 radical (unpaired) electrons. The van der Waals surface area contributed by atoms with Gasteiger partial charge >= 0.3 is 0 Å². The van der Waals surface area contributed by atoms with Gasteiger partial charge in [0.25, 0.3) is 0 Å². The summed E-state index contributed by atoms with van der Waals surface area (Å²) in [6.07, 6.45) is 0. The molecule has 14 heavy (non-hydrogen) atoms. The topological polar surface area (TPSA) is 43.8 Å². The Morgan fingerprint density at radius 1 is 1.36 bits per heavy atom. The molecule has 0 atom stereocenters. The zero-order chi connectivity index (χ0) is 10.1. The van der Waals surface area contributed by atoms with Crippen LogP contribution in [0.25, 0.3) is 5.69 Å². The summed E-state index contributed by atoms with van der Waals surface area (Å²) in [4.78, 5) is 0. The first-order valence-electron chi connectivity index (χ1n) is 4.25. The van der Waals surface area contributed by atoms with Crippen LogP contribution in [0.15, 0.2) is 34.8 Å². The van der Waals surface area contributed by atoms with Crippen LogP contribution in [0.4, 0.5) is 5.82 Å². The summed E-state index contributed by atoms with van der Waals surface area (Å²) in [5, 5.41) is 4.30. The summed E-state index contributed by atoms with van der Waals surface area (Å²) in [5.74, 6) is 0.648. The van der Waals surface area contributed by atoms with Crippen molar-refractivity contribution in [3.05, 3.63) is 40.5 Å². The molecule has 4 heteroatoms. The number of nitrogens with zero attached hydrogens (tertiary/aromatic N) is 2. The summed E-state index contributed by atoms with van der Waals surface area (Å²) in [7, 11) is 0. The molecule has 0 fully saturated rings. The van der Waals surface area contributed by atoms with E-state index in [4.69, 9.17) is 5.73 Å². The van der Waals surface area contributed by atoms with Crippen molar-refractivity contribution in [2.45, 2.75) is 6.92 Å². The van der Waals surface area contributed by atoms with Crippen LogP contribution in [0.1, 0.15) is 5.69 Å². The van der Waals surface area contributed by atoms with E-state index in [2.05, 4.69) is 21.0 Å². The van der Waals surface area contributed by atoms with E-state index in [1.807, 2.05) is 37.3 Å². The SMILES string of the molecule is Cc1cc(N)n(-c2ccccc2Br)n1. The predicted octanol–water partition coefficient (Wildman–Crippen LogP) is 2.53. The Kier molecular flexibility index (Phi) is 2.29. The standard InChI is InChI=1S/C10H10BrN3/c1-7-6-10(12)14(13-7)9-5-3-2-4-8(9)11/h2-6H,12H2,1H3. The summed E-state index contributed by atoms with van der Waals surface area (Å²) in [5.41, 5.74) is 7.69. The molecular formula is C10H10BrN3. The van der Waals surface area contributed by atoms with Gasteiger partial charge in [0.05, 0.1) is 11.4 Å². The summed E-state index contributed by atoms with van der Waals surface area (Å²) >= 11 is 3.46. The second-order valence-corrected chi connectivity index (χ2v) is 3.93. The first-order chi connectivity index (χ1) is 6.68. The Hall–Kier alpha value is -1.29. The molecule has 2 aromatic rings. The average molecular weight is 252 g/mol. The number of rotatable bonds is 1. The fourth-order valence-corrected chi connectivity index (χ4v) is 1.79. The van der Waals surface area contributed by atoms with Gasteiger partial charge in [0.15, 0.2) is 0 Å². The molecule has 2 rings (SSSR count). The molecule has 0 aliphatic carbocycles. The zero-order valence-electron chi connectivity index (χ0n) is 7.74. The van der Waals surface area contributed by atoms with Crippen molar-refractivity contribution in [3.8, 4) is 5.69 Å². The lowest BCUT2D eigenvalue weighted by Gasteiger charge is -2.05. The minimum atomic E-state index is 0.648. The van der Waals surface area contributed by atoms with Crippen LogP contribution in [0, 0.1) is 6.92 Å². The quantitative estimate of drug-likeness (QED) is 0.847. The fraction of sp³-hybridized carbons (Fsp3) is 0.100. The minimum absolute atomic E-state index is 0.648. The average Bonchev–Trinajstić information content (AvgIpc) is 2.46. The van der Waals surface area contributed by atoms with Crippen molar-refractivity contribution in [2.24, 2.45) is 0 Å². The molecule has 0 saturated heterocycles. The molecule has 1 aromatic heterocycles. The summed E-state index contributed by atoms with van der Waals surface area (Å²) in [6.45, 7) is 1.92. The van der Waals surface area contributed by atoms with Crippen molar-refractivity contribution < 1.29 is 0 Å². The number of aryl methyl sites for hydroxylation is 1. The smallest absolute Gasteiger partial charge is 0.127 e. The van der Waals surface area contributed by atoms with E-state index < -0.39 is 0 Å². The van der Waals surface area contributed by atoms with Crippen molar-refractivity contribution >= 4 is 21.7 Å². The number of anilines is 1. The summed E-state index contributed by atoms with van der Waals surface area (Å²) in [6, 6.07) is 9.69. The number of para-hydroxylation sites is 1. The highest BCUT2D eigenvalue weighted by atomic mass is 79.9. The number of benzene rings is 1. The van der Waals surface area contributed by atoms with E-state index >= 15 is 0 Å². The maximum atomic E-state index is 5.82. The van der Waals surface area contributed by atoms with Gasteiger partial charge < -0.3 is 5.73 Å². The second kappa shape index (κ2) is 3.46. The van der Waals surface area contributed by atoms with Crippen LogP contribution in [-0.2, 0) is 0 Å². The van der Waals surface area contributed by atoms with Crippen LogP contribution >= 0.6 is 15.9 Å². The van der Waals surface area contributed by atoms with Gasteiger partial charge in [-0.3, -0.25) is 0 Å². The van der Waals surface area contributed by atoms with Crippen LogP contribution < -0.4 is 5.73 Å². The van der Waals surface area contributed by atoms with Crippen molar-refractivity contribution in [3.63, 3.8) is 0 Å². The zero-order valence-corrected chi connectivity index (χ0v) is 9.32. The molecule has 0 saturated carbocycles. The van der Waals surface area contributed by atoms with Gasteiger partial charge in [-0.1, -0.05) is 12.1 Å². The van der Waals surface area contributed by atoms with Crippen molar-refractivity contribution in [1.29, 1.82) is 0 Å². The van der Waals surface area contributed by atoms with Gasteiger partial charge in [-0.25, -0.2) is 4.68 Å². The highest BCUT2D eigenvalue weighted by Crippen LogP contribution is 2.22. The molecule has 1 heterocycles. The lowest BCUT2D eigenvalue weighted by atomic mass is 10.3. The van der Waals surface area contributed by atoms with E-state index in [-0.39, 0.29) is 0 Å². The molecule has 0 spiro atoms. The number of aromatic nitrogens is 2. The van der Waals surface area contributed by atoms with Crippen LogP contribution in [-0.4, -0.2) is 9.78 Å². The summed E-state index contributed by atoms with van der Waals surface area (Å²) < 4.78 is 2.70. The van der Waals surface area contributed by atoms with Gasteiger partial charge in [-0.15, -0.1) is 0 Å². The third-order valence-electron chi connectivity index (χ3n) is 1.94. The van der Waals surface area contributed by atoms with Crippen LogP contribution in [0.5, 0.6) is 0 Å². The van der Waals surface area contributed by atoms with Crippen LogP contribution in [0.2, 0.25) is 0 Å². The van der Waals surface area contributed by atoms with E-state index in [1.165, 1.54) is 0 Å². The molecule has 0 bridgehead atoms. The number of halogens is 1. The molecule has 0 aliphatic heterocycles. The lowest BCUT2D eigenvalue weighted by Crippen LogP contribution is -2.02. The van der Waals surface area contributed by atoms with Gasteiger partial charge in [-0.2, -0.15) is 5.10 Å². The van der Waals surface area contributed by atoms with E-state index in [9.17, 15) is 0 Å². The van der Waals surface area contributed by atoms with E-state index in [0.717, 1.165) is 15.9 Å². The molecule has 0 unspecified atom stereocenters. The minimum Gasteiger partial charge on any atom is -0.384 e. The molecule has 2 N–H and O–H groups in total. The van der Waals surface area contributed by atoms with Crippen molar-refractivity contribution in [2.75, 3.05) is 5.73 Å². The maximum Gasteiger partial charge on any atom is 0.127 e. The van der Waals surface area contributed by atoms with Gasteiger partial charge in [0.2, 0.25) is 0 Å². The highest BCUT2D eigenvalue weighted by Gasteiger charge is 2.06. The fourth-order valence-electron chi connectivity index (χ4n) is 1.34. The number of nitrogens with two attached hydrogens (primary N) is 1. The normalized spacial score (nSPS) is 10.4. The number of hydrogen-bond donors (Lipinski definition) is 1. The Bertz CT molecular complexity index is 462. The first kappa shape index (κ1) is 9.27. The predicted molar refractivity (Wildman–Crippen MR) is 60.4 cm³/mol.